The molecule has 5 nitrogen and oxygen atoms in total. The number of ether oxygens (including phenoxy) is 1. The fourth-order valence-corrected chi connectivity index (χ4v) is 1.98. The van der Waals surface area contributed by atoms with Crippen molar-refractivity contribution in [3.63, 3.8) is 0 Å². The van der Waals surface area contributed by atoms with Crippen LogP contribution >= 0.6 is 0 Å². The van der Waals surface area contributed by atoms with E-state index in [0.717, 1.165) is 0 Å². The quantitative estimate of drug-likeness (QED) is 0.788. The Balaban J connectivity index is 1.88. The predicted molar refractivity (Wildman–Crippen MR) is 74.9 cm³/mol. The average Bonchev–Trinajstić information content (AvgIpc) is 2.88. The maximum Gasteiger partial charge on any atom is 0.389 e. The van der Waals surface area contributed by atoms with Crippen molar-refractivity contribution in [1.29, 1.82) is 0 Å². The molecule has 0 aliphatic heterocycles. The average molecular weight is 330 g/mol. The Morgan fingerprint density at radius 2 is 2.09 bits per heavy atom. The molecule has 1 aromatic heterocycles. The third-order valence-electron chi connectivity index (χ3n) is 3.05. The molecule has 1 atom stereocenters. The summed E-state index contributed by atoms with van der Waals surface area (Å²) >= 11 is 0. The zero-order valence-corrected chi connectivity index (χ0v) is 12.5. The Hall–Kier alpha value is -2.09. The van der Waals surface area contributed by atoms with Crippen molar-refractivity contribution >= 4 is 0 Å². The summed E-state index contributed by atoms with van der Waals surface area (Å²) in [4.78, 5) is 0. The summed E-state index contributed by atoms with van der Waals surface area (Å²) in [5, 5.41) is 17.6. The molecule has 0 aliphatic carbocycles. The maximum atomic E-state index is 12.1. The molecule has 2 rings (SSSR count). The third-order valence-corrected chi connectivity index (χ3v) is 3.05. The third kappa shape index (κ3) is 5.90. The number of nitrogens with zero attached hydrogens (tertiary/aromatic N) is 2. The normalized spacial score (nSPS) is 13.1. The Kier molecular flexibility index (Phi) is 5.59. The van der Waals surface area contributed by atoms with Gasteiger partial charge in [0.15, 0.2) is 0 Å². The molecule has 0 spiro atoms. The molecular formula is C15H17F3N2O3. The molecule has 2 aromatic rings. The van der Waals surface area contributed by atoms with Crippen molar-refractivity contribution in [3.8, 4) is 5.75 Å². The highest BCUT2D eigenvalue weighted by molar-refractivity contribution is 5.30. The lowest BCUT2D eigenvalue weighted by Gasteiger charge is -2.12. The molecule has 0 radical (unpaired) electrons. The van der Waals surface area contributed by atoms with Gasteiger partial charge in [-0.2, -0.15) is 13.2 Å². The number of aliphatic hydroxyl groups excluding tert-OH is 1. The first-order valence-corrected chi connectivity index (χ1v) is 7.10. The SMILES string of the molecule is Cc1nnc(CC(O)c2cccc(OCCCC(F)(F)F)c2)o1. The molecule has 0 saturated heterocycles. The Morgan fingerprint density at radius 3 is 2.74 bits per heavy atom. The van der Waals surface area contributed by atoms with Crippen LogP contribution in [0.1, 0.15) is 36.3 Å². The lowest BCUT2D eigenvalue weighted by Crippen LogP contribution is -2.10. The van der Waals surface area contributed by atoms with E-state index in [4.69, 9.17) is 9.15 Å². The zero-order valence-electron chi connectivity index (χ0n) is 12.5. The van der Waals surface area contributed by atoms with E-state index < -0.39 is 18.7 Å². The summed E-state index contributed by atoms with van der Waals surface area (Å²) in [6.07, 6.45) is -5.89. The summed E-state index contributed by atoms with van der Waals surface area (Å²) in [5.41, 5.74) is 0.564. The maximum absolute atomic E-state index is 12.1. The largest absolute Gasteiger partial charge is 0.494 e. The number of alkyl halides is 3. The van der Waals surface area contributed by atoms with Crippen LogP contribution in [0.4, 0.5) is 13.2 Å². The van der Waals surface area contributed by atoms with Gasteiger partial charge >= 0.3 is 6.18 Å². The van der Waals surface area contributed by atoms with Crippen LogP contribution in [0, 0.1) is 6.92 Å². The van der Waals surface area contributed by atoms with Crippen LogP contribution in [0.3, 0.4) is 0 Å². The first-order chi connectivity index (χ1) is 10.8. The highest BCUT2D eigenvalue weighted by Gasteiger charge is 2.26. The van der Waals surface area contributed by atoms with Crippen molar-refractivity contribution in [1.82, 2.24) is 10.2 Å². The summed E-state index contributed by atoms with van der Waals surface area (Å²) in [6.45, 7) is 1.61. The van der Waals surface area contributed by atoms with Gasteiger partial charge in [0.05, 0.1) is 19.1 Å². The summed E-state index contributed by atoms with van der Waals surface area (Å²) in [6, 6.07) is 6.56. The van der Waals surface area contributed by atoms with Crippen LogP contribution in [-0.4, -0.2) is 28.1 Å². The number of hydrogen-bond acceptors (Lipinski definition) is 5. The molecule has 0 bridgehead atoms. The number of hydrogen-bond donors (Lipinski definition) is 1. The monoisotopic (exact) mass is 330 g/mol. The zero-order chi connectivity index (χ0) is 16.9. The molecule has 0 fully saturated rings. The molecule has 0 aliphatic rings. The van der Waals surface area contributed by atoms with Crippen LogP contribution < -0.4 is 4.74 Å². The van der Waals surface area contributed by atoms with Gasteiger partial charge in [-0.1, -0.05) is 12.1 Å². The molecule has 0 amide bonds. The van der Waals surface area contributed by atoms with E-state index in [2.05, 4.69) is 10.2 Å². The molecule has 8 heteroatoms. The van der Waals surface area contributed by atoms with Crippen LogP contribution in [-0.2, 0) is 6.42 Å². The van der Waals surface area contributed by atoms with Crippen molar-refractivity contribution in [3.05, 3.63) is 41.6 Å². The summed E-state index contributed by atoms with van der Waals surface area (Å²) < 4.78 is 46.6. The first-order valence-electron chi connectivity index (χ1n) is 7.10. The minimum Gasteiger partial charge on any atom is -0.494 e. The van der Waals surface area contributed by atoms with E-state index in [1.807, 2.05) is 0 Å². The van der Waals surface area contributed by atoms with Gasteiger partial charge in [0.1, 0.15) is 5.75 Å². The van der Waals surface area contributed by atoms with E-state index in [-0.39, 0.29) is 19.4 Å². The van der Waals surface area contributed by atoms with Crippen molar-refractivity contribution in [2.75, 3.05) is 6.61 Å². The standard InChI is InChI=1S/C15H17F3N2O3/c1-10-19-20-14(23-10)9-13(21)11-4-2-5-12(8-11)22-7-3-6-15(16,17)18/h2,4-5,8,13,21H,3,6-7,9H2,1H3. The number of aromatic nitrogens is 2. The highest BCUT2D eigenvalue weighted by Crippen LogP contribution is 2.24. The minimum atomic E-state index is -4.18. The Labute approximate surface area is 131 Å². The van der Waals surface area contributed by atoms with E-state index in [0.29, 0.717) is 23.1 Å². The van der Waals surface area contributed by atoms with Gasteiger partial charge in [-0.25, -0.2) is 0 Å². The van der Waals surface area contributed by atoms with E-state index in [1.54, 1.807) is 31.2 Å². The summed E-state index contributed by atoms with van der Waals surface area (Å²) in [7, 11) is 0. The van der Waals surface area contributed by atoms with Crippen LogP contribution in [0.15, 0.2) is 28.7 Å². The fourth-order valence-electron chi connectivity index (χ4n) is 1.98. The van der Waals surface area contributed by atoms with Gasteiger partial charge in [0.2, 0.25) is 11.8 Å². The molecule has 23 heavy (non-hydrogen) atoms. The van der Waals surface area contributed by atoms with Gasteiger partial charge in [-0.15, -0.1) is 10.2 Å². The second-order valence-corrected chi connectivity index (χ2v) is 5.07. The van der Waals surface area contributed by atoms with E-state index >= 15 is 0 Å². The molecular weight excluding hydrogens is 313 g/mol. The smallest absolute Gasteiger partial charge is 0.389 e. The fraction of sp³-hybridized carbons (Fsp3) is 0.467. The van der Waals surface area contributed by atoms with Gasteiger partial charge < -0.3 is 14.3 Å². The van der Waals surface area contributed by atoms with Gasteiger partial charge in [-0.3, -0.25) is 0 Å². The van der Waals surface area contributed by atoms with Crippen molar-refractivity contribution < 1.29 is 27.4 Å². The number of aryl methyl sites for hydroxylation is 1. The molecule has 1 unspecified atom stereocenters. The Bertz CT molecular complexity index is 628. The van der Waals surface area contributed by atoms with Crippen LogP contribution in [0.2, 0.25) is 0 Å². The first kappa shape index (κ1) is 17.3. The summed E-state index contributed by atoms with van der Waals surface area (Å²) in [5.74, 6) is 1.13. The van der Waals surface area contributed by atoms with Crippen molar-refractivity contribution in [2.45, 2.75) is 38.5 Å². The molecule has 126 valence electrons. The number of aliphatic hydroxyl groups is 1. The van der Waals surface area contributed by atoms with E-state index in [9.17, 15) is 18.3 Å². The number of rotatable bonds is 7. The molecule has 1 aromatic carbocycles. The second kappa shape index (κ2) is 7.45. The number of benzene rings is 1. The number of halogens is 3. The molecule has 1 N–H and O–H groups in total. The predicted octanol–water partition coefficient (Wildman–Crippen LogP) is 3.38. The molecule has 0 saturated carbocycles. The highest BCUT2D eigenvalue weighted by atomic mass is 19.4. The second-order valence-electron chi connectivity index (χ2n) is 5.07. The lowest BCUT2D eigenvalue weighted by atomic mass is 10.1. The van der Waals surface area contributed by atoms with Crippen LogP contribution in [0.5, 0.6) is 5.75 Å². The van der Waals surface area contributed by atoms with Gasteiger partial charge in [-0.05, 0) is 24.1 Å². The van der Waals surface area contributed by atoms with E-state index in [1.165, 1.54) is 0 Å². The van der Waals surface area contributed by atoms with Gasteiger partial charge in [0, 0.05) is 13.3 Å². The molecule has 1 heterocycles. The Morgan fingerprint density at radius 1 is 1.30 bits per heavy atom. The van der Waals surface area contributed by atoms with Crippen molar-refractivity contribution in [2.24, 2.45) is 0 Å². The van der Waals surface area contributed by atoms with Gasteiger partial charge in [0.25, 0.3) is 0 Å². The minimum absolute atomic E-state index is 0.0398. The lowest BCUT2D eigenvalue weighted by molar-refractivity contribution is -0.136. The topological polar surface area (TPSA) is 68.4 Å². The van der Waals surface area contributed by atoms with Crippen LogP contribution in [0.25, 0.3) is 0 Å².